The number of alkyl halides is 3. The monoisotopic (exact) mass is 372 g/mol. The average molecular weight is 372 g/mol. The molecule has 1 heterocycles. The van der Waals surface area contributed by atoms with Crippen molar-refractivity contribution in [1.82, 2.24) is 4.57 Å². The second-order valence-corrected chi connectivity index (χ2v) is 5.87. The molecule has 3 rings (SSSR count). The Labute approximate surface area is 152 Å². The summed E-state index contributed by atoms with van der Waals surface area (Å²) >= 11 is 0. The molecule has 0 spiro atoms. The fourth-order valence-corrected chi connectivity index (χ4v) is 2.56. The van der Waals surface area contributed by atoms with Crippen molar-refractivity contribution in [1.29, 1.82) is 0 Å². The molecule has 0 atom stereocenters. The van der Waals surface area contributed by atoms with Gasteiger partial charge in [0.15, 0.2) is 0 Å². The molecule has 0 aliphatic heterocycles. The van der Waals surface area contributed by atoms with Gasteiger partial charge in [-0.15, -0.1) is 0 Å². The van der Waals surface area contributed by atoms with Crippen LogP contribution >= 0.6 is 0 Å². The van der Waals surface area contributed by atoms with Crippen LogP contribution in [0, 0.1) is 0 Å². The number of aromatic nitrogens is 1. The molecule has 0 saturated heterocycles. The summed E-state index contributed by atoms with van der Waals surface area (Å²) in [6.45, 7) is 0.307. The van der Waals surface area contributed by atoms with E-state index in [2.05, 4.69) is 5.32 Å². The standard InChI is InChI=1S/C20H15F3N2O2/c21-20(22,23)15-8-10-16(11-9-15)24-18(26)17-7-4-12-25(19(17)27)13-14-5-2-1-3-6-14/h1-12H,13H2,(H,24,26). The molecule has 1 aromatic heterocycles. The van der Waals surface area contributed by atoms with Crippen molar-refractivity contribution in [2.24, 2.45) is 0 Å². The first kappa shape index (κ1) is 18.4. The van der Waals surface area contributed by atoms with Gasteiger partial charge >= 0.3 is 6.18 Å². The normalized spacial score (nSPS) is 11.2. The van der Waals surface area contributed by atoms with Gasteiger partial charge in [0.25, 0.3) is 11.5 Å². The first-order chi connectivity index (χ1) is 12.8. The number of halogens is 3. The first-order valence-electron chi connectivity index (χ1n) is 8.06. The number of anilines is 1. The van der Waals surface area contributed by atoms with E-state index in [1.165, 1.54) is 10.6 Å². The van der Waals surface area contributed by atoms with E-state index in [0.29, 0.717) is 6.54 Å². The van der Waals surface area contributed by atoms with Crippen molar-refractivity contribution in [2.45, 2.75) is 12.7 Å². The van der Waals surface area contributed by atoms with Crippen molar-refractivity contribution in [2.75, 3.05) is 5.32 Å². The molecule has 0 radical (unpaired) electrons. The van der Waals surface area contributed by atoms with Crippen molar-refractivity contribution >= 4 is 11.6 Å². The van der Waals surface area contributed by atoms with Crippen LogP contribution in [0.4, 0.5) is 18.9 Å². The van der Waals surface area contributed by atoms with Crippen molar-refractivity contribution in [3.05, 3.63) is 100.0 Å². The highest BCUT2D eigenvalue weighted by Gasteiger charge is 2.30. The molecule has 0 aliphatic rings. The fourth-order valence-electron chi connectivity index (χ4n) is 2.56. The van der Waals surface area contributed by atoms with Crippen LogP contribution in [0.3, 0.4) is 0 Å². The van der Waals surface area contributed by atoms with Crippen LogP contribution in [0.25, 0.3) is 0 Å². The lowest BCUT2D eigenvalue weighted by Crippen LogP contribution is -2.29. The van der Waals surface area contributed by atoms with Gasteiger partial charge in [-0.1, -0.05) is 30.3 Å². The van der Waals surface area contributed by atoms with Crippen LogP contribution in [-0.4, -0.2) is 10.5 Å². The molecule has 0 unspecified atom stereocenters. The van der Waals surface area contributed by atoms with Gasteiger partial charge in [0, 0.05) is 11.9 Å². The van der Waals surface area contributed by atoms with Gasteiger partial charge in [0.2, 0.25) is 0 Å². The lowest BCUT2D eigenvalue weighted by Gasteiger charge is -2.10. The van der Waals surface area contributed by atoms with Crippen LogP contribution < -0.4 is 10.9 Å². The molecule has 7 heteroatoms. The molecule has 0 aliphatic carbocycles. The summed E-state index contributed by atoms with van der Waals surface area (Å²) in [7, 11) is 0. The number of nitrogens with zero attached hydrogens (tertiary/aromatic N) is 1. The van der Waals surface area contributed by atoms with Gasteiger partial charge in [-0.25, -0.2) is 0 Å². The van der Waals surface area contributed by atoms with Crippen LogP contribution in [0.2, 0.25) is 0 Å². The third-order valence-electron chi connectivity index (χ3n) is 3.93. The maximum Gasteiger partial charge on any atom is 0.416 e. The van der Waals surface area contributed by atoms with E-state index >= 15 is 0 Å². The molecule has 0 fully saturated rings. The molecule has 0 saturated carbocycles. The van der Waals surface area contributed by atoms with Gasteiger partial charge in [-0.05, 0) is 42.0 Å². The SMILES string of the molecule is O=C(Nc1ccc(C(F)(F)F)cc1)c1cccn(Cc2ccccc2)c1=O. The minimum absolute atomic E-state index is 0.0895. The largest absolute Gasteiger partial charge is 0.416 e. The summed E-state index contributed by atoms with van der Waals surface area (Å²) in [4.78, 5) is 24.9. The van der Waals surface area contributed by atoms with E-state index in [-0.39, 0.29) is 11.3 Å². The number of rotatable bonds is 4. The highest BCUT2D eigenvalue weighted by atomic mass is 19.4. The van der Waals surface area contributed by atoms with Crippen LogP contribution in [-0.2, 0) is 12.7 Å². The number of amides is 1. The Morgan fingerprint density at radius 2 is 1.59 bits per heavy atom. The Balaban J connectivity index is 1.79. The summed E-state index contributed by atoms with van der Waals surface area (Å²) in [6, 6.07) is 16.3. The van der Waals surface area contributed by atoms with Gasteiger partial charge < -0.3 is 9.88 Å². The highest BCUT2D eigenvalue weighted by molar-refractivity contribution is 6.03. The number of benzene rings is 2. The minimum atomic E-state index is -4.45. The lowest BCUT2D eigenvalue weighted by molar-refractivity contribution is -0.137. The summed E-state index contributed by atoms with van der Waals surface area (Å²) in [5.74, 6) is -0.679. The Morgan fingerprint density at radius 3 is 2.22 bits per heavy atom. The second kappa shape index (κ2) is 7.49. The number of pyridine rings is 1. The van der Waals surface area contributed by atoms with E-state index < -0.39 is 23.2 Å². The quantitative estimate of drug-likeness (QED) is 0.747. The summed E-state index contributed by atoms with van der Waals surface area (Å²) in [5, 5.41) is 2.45. The zero-order chi connectivity index (χ0) is 19.4. The molecular formula is C20H15F3N2O2. The van der Waals surface area contributed by atoms with Gasteiger partial charge in [-0.2, -0.15) is 13.2 Å². The molecule has 138 valence electrons. The summed E-state index contributed by atoms with van der Waals surface area (Å²) in [6.07, 6.45) is -2.88. The summed E-state index contributed by atoms with van der Waals surface area (Å²) < 4.78 is 39.2. The number of carbonyl (C=O) groups excluding carboxylic acids is 1. The Bertz CT molecular complexity index is 994. The van der Waals surface area contributed by atoms with E-state index in [4.69, 9.17) is 0 Å². The predicted octanol–water partition coefficient (Wildman–Crippen LogP) is 4.17. The number of nitrogens with one attached hydrogen (secondary N) is 1. The van der Waals surface area contributed by atoms with Crippen LogP contribution in [0.15, 0.2) is 77.7 Å². The van der Waals surface area contributed by atoms with Crippen molar-refractivity contribution in [3.8, 4) is 0 Å². The zero-order valence-corrected chi connectivity index (χ0v) is 14.0. The minimum Gasteiger partial charge on any atom is -0.322 e. The van der Waals surface area contributed by atoms with Crippen molar-refractivity contribution in [3.63, 3.8) is 0 Å². The molecule has 27 heavy (non-hydrogen) atoms. The Morgan fingerprint density at radius 1 is 0.926 bits per heavy atom. The topological polar surface area (TPSA) is 51.1 Å². The molecular weight excluding hydrogens is 357 g/mol. The van der Waals surface area contributed by atoms with E-state index in [9.17, 15) is 22.8 Å². The molecule has 4 nitrogen and oxygen atoms in total. The van der Waals surface area contributed by atoms with Crippen molar-refractivity contribution < 1.29 is 18.0 Å². The smallest absolute Gasteiger partial charge is 0.322 e. The number of hydrogen-bond acceptors (Lipinski definition) is 2. The van der Waals surface area contributed by atoms with Gasteiger partial charge in [0.1, 0.15) is 5.56 Å². The van der Waals surface area contributed by atoms with E-state index in [1.54, 1.807) is 12.3 Å². The second-order valence-electron chi connectivity index (χ2n) is 5.87. The third kappa shape index (κ3) is 4.44. The number of hydrogen-bond donors (Lipinski definition) is 1. The summed E-state index contributed by atoms with van der Waals surface area (Å²) in [5.41, 5.74) is -0.310. The third-order valence-corrected chi connectivity index (χ3v) is 3.93. The molecule has 3 aromatic rings. The van der Waals surface area contributed by atoms with E-state index in [1.807, 2.05) is 30.3 Å². The van der Waals surface area contributed by atoms with Crippen LogP contribution in [0.1, 0.15) is 21.5 Å². The molecule has 1 N–H and O–H groups in total. The molecule has 0 bridgehead atoms. The number of carbonyl (C=O) groups is 1. The maximum atomic E-state index is 12.6. The van der Waals surface area contributed by atoms with Crippen LogP contribution in [0.5, 0.6) is 0 Å². The van der Waals surface area contributed by atoms with Gasteiger partial charge in [-0.3, -0.25) is 9.59 Å². The van der Waals surface area contributed by atoms with Gasteiger partial charge in [0.05, 0.1) is 12.1 Å². The Kier molecular flexibility index (Phi) is 5.12. The first-order valence-corrected chi connectivity index (χ1v) is 8.06. The zero-order valence-electron chi connectivity index (χ0n) is 14.0. The predicted molar refractivity (Wildman–Crippen MR) is 95.6 cm³/mol. The lowest BCUT2D eigenvalue weighted by atomic mass is 10.2. The molecule has 2 aromatic carbocycles. The Hall–Kier alpha value is -3.35. The highest BCUT2D eigenvalue weighted by Crippen LogP contribution is 2.29. The average Bonchev–Trinajstić information content (AvgIpc) is 2.64. The fraction of sp³-hybridized carbons (Fsp3) is 0.100. The van der Waals surface area contributed by atoms with E-state index in [0.717, 1.165) is 29.8 Å². The maximum absolute atomic E-state index is 12.6. The molecule has 1 amide bonds.